The van der Waals surface area contributed by atoms with Gasteiger partial charge in [-0.15, -0.1) is 6.58 Å². The number of nitrogens with zero attached hydrogens (tertiary/aromatic N) is 2. The van der Waals surface area contributed by atoms with E-state index in [0.29, 0.717) is 25.1 Å². The molecular weight excluding hydrogens is 510 g/mol. The van der Waals surface area contributed by atoms with Crippen molar-refractivity contribution in [2.24, 2.45) is 5.41 Å². The van der Waals surface area contributed by atoms with Crippen molar-refractivity contribution in [1.82, 2.24) is 26.1 Å². The van der Waals surface area contributed by atoms with E-state index in [1.807, 2.05) is 24.3 Å². The Bertz CT molecular complexity index is 1350. The van der Waals surface area contributed by atoms with Crippen LogP contribution in [0.25, 0.3) is 16.8 Å². The average Bonchev–Trinajstić information content (AvgIpc) is 2.94. The van der Waals surface area contributed by atoms with E-state index in [1.165, 1.54) is 11.1 Å². The quantitative estimate of drug-likeness (QED) is 0.389. The van der Waals surface area contributed by atoms with Crippen LogP contribution in [-0.4, -0.2) is 58.4 Å². The van der Waals surface area contributed by atoms with Gasteiger partial charge in [0.1, 0.15) is 24.2 Å². The SMILES string of the molecule is C=CC[C@@H]1NC(=O)C(C)(C)/C=C/c2cc3cc(ccc3cn2)[C@@H](C)OC(=O)[C@@H]2CCCN(N2)C(=O)[C@H](C)NC1=O. The van der Waals surface area contributed by atoms with Crippen molar-refractivity contribution in [2.75, 3.05) is 6.54 Å². The zero-order valence-electron chi connectivity index (χ0n) is 23.4. The minimum absolute atomic E-state index is 0.181. The summed E-state index contributed by atoms with van der Waals surface area (Å²) >= 11 is 0. The van der Waals surface area contributed by atoms with Crippen LogP contribution in [0.3, 0.4) is 0 Å². The van der Waals surface area contributed by atoms with Crippen LogP contribution in [0.4, 0.5) is 0 Å². The van der Waals surface area contributed by atoms with Crippen molar-refractivity contribution < 1.29 is 23.9 Å². The molecule has 1 fully saturated rings. The second-order valence-corrected chi connectivity index (χ2v) is 10.9. The molecule has 3 amide bonds. The molecule has 0 radical (unpaired) electrons. The van der Waals surface area contributed by atoms with Gasteiger partial charge in [0, 0.05) is 18.1 Å². The number of fused-ring (bicyclic) bond motifs is 4. The zero-order chi connectivity index (χ0) is 29.0. The normalized spacial score (nSPS) is 26.9. The molecule has 5 bridgehead atoms. The minimum Gasteiger partial charge on any atom is -0.457 e. The number of hydrazine groups is 1. The number of hydrogen-bond donors (Lipinski definition) is 3. The van der Waals surface area contributed by atoms with E-state index in [2.05, 4.69) is 27.6 Å². The topological polar surface area (TPSA) is 130 Å². The van der Waals surface area contributed by atoms with E-state index < -0.39 is 47.4 Å². The molecule has 0 spiro atoms. The molecule has 2 aromatic rings. The smallest absolute Gasteiger partial charge is 0.325 e. The lowest BCUT2D eigenvalue weighted by Gasteiger charge is -2.35. The van der Waals surface area contributed by atoms with Gasteiger partial charge in [0.15, 0.2) is 0 Å². The molecule has 1 aromatic carbocycles. The maximum absolute atomic E-state index is 13.2. The maximum atomic E-state index is 13.2. The van der Waals surface area contributed by atoms with Crippen LogP contribution in [0.5, 0.6) is 0 Å². The summed E-state index contributed by atoms with van der Waals surface area (Å²) in [5.41, 5.74) is 3.48. The lowest BCUT2D eigenvalue weighted by molar-refractivity contribution is -0.157. The monoisotopic (exact) mass is 547 g/mol. The highest BCUT2D eigenvalue weighted by Crippen LogP contribution is 2.25. The number of cyclic esters (lactones) is 1. The third-order valence-corrected chi connectivity index (χ3v) is 7.28. The molecule has 212 valence electrons. The predicted octanol–water partition coefficient (Wildman–Crippen LogP) is 2.95. The second-order valence-electron chi connectivity index (χ2n) is 10.9. The molecule has 4 atom stereocenters. The number of rotatable bonds is 2. The molecule has 10 nitrogen and oxygen atoms in total. The highest BCUT2D eigenvalue weighted by atomic mass is 16.5. The summed E-state index contributed by atoms with van der Waals surface area (Å²) in [6.45, 7) is 11.0. The molecule has 2 aliphatic heterocycles. The minimum atomic E-state index is -0.964. The third kappa shape index (κ3) is 6.56. The first-order chi connectivity index (χ1) is 19.0. The van der Waals surface area contributed by atoms with Gasteiger partial charge >= 0.3 is 5.97 Å². The van der Waals surface area contributed by atoms with Gasteiger partial charge in [-0.25, -0.2) is 5.43 Å². The number of hydrogen-bond acceptors (Lipinski definition) is 7. The van der Waals surface area contributed by atoms with Crippen LogP contribution >= 0.6 is 0 Å². The van der Waals surface area contributed by atoms with Gasteiger partial charge in [0.2, 0.25) is 11.8 Å². The van der Waals surface area contributed by atoms with Crippen LogP contribution in [0.15, 0.2) is 49.2 Å². The van der Waals surface area contributed by atoms with Crippen LogP contribution < -0.4 is 16.1 Å². The number of benzene rings is 1. The van der Waals surface area contributed by atoms with E-state index >= 15 is 0 Å². The maximum Gasteiger partial charge on any atom is 0.325 e. The summed E-state index contributed by atoms with van der Waals surface area (Å²) in [6.07, 6.45) is 7.56. The summed E-state index contributed by atoms with van der Waals surface area (Å²) in [5, 5.41) is 8.68. The summed E-state index contributed by atoms with van der Waals surface area (Å²) in [4.78, 5) is 57.0. The highest BCUT2D eigenvalue weighted by molar-refractivity contribution is 5.94. The largest absolute Gasteiger partial charge is 0.457 e. The standard InChI is InChI=1S/C30H37N5O5/c1-6-8-24-26(36)32-18(2)27(37)35-14-7-9-25(34-35)28(38)40-19(3)20-10-11-21-17-31-23(16-22(21)15-20)12-13-30(4,5)29(39)33-24/h6,10-13,15-19,24-25,34H,1,7-9,14H2,2-5H3,(H,32,36)(H,33,39)/b13-12+/t18-,19+,24-,25-/m0/s1. The van der Waals surface area contributed by atoms with E-state index in [-0.39, 0.29) is 12.3 Å². The van der Waals surface area contributed by atoms with Gasteiger partial charge in [0.25, 0.3) is 5.91 Å². The molecule has 10 heteroatoms. The Morgan fingerprint density at radius 3 is 2.65 bits per heavy atom. The number of carbonyl (C=O) groups excluding carboxylic acids is 4. The van der Waals surface area contributed by atoms with Crippen molar-refractivity contribution >= 4 is 40.5 Å². The number of pyridine rings is 1. The number of carbonyl (C=O) groups is 4. The first-order valence-corrected chi connectivity index (χ1v) is 13.6. The Hall–Kier alpha value is -4.05. The Balaban J connectivity index is 1.70. The van der Waals surface area contributed by atoms with Crippen LogP contribution in [0, 0.1) is 5.41 Å². The van der Waals surface area contributed by atoms with Gasteiger partial charge in [-0.05, 0) is 76.1 Å². The molecule has 2 aliphatic rings. The number of ether oxygens (including phenoxy) is 1. The third-order valence-electron chi connectivity index (χ3n) is 7.28. The first kappa shape index (κ1) is 28.9. The van der Waals surface area contributed by atoms with Crippen LogP contribution in [-0.2, 0) is 23.9 Å². The van der Waals surface area contributed by atoms with Crippen molar-refractivity contribution in [2.45, 2.75) is 71.2 Å². The van der Waals surface area contributed by atoms with E-state index in [4.69, 9.17) is 4.74 Å². The van der Waals surface area contributed by atoms with Crippen molar-refractivity contribution in [3.05, 3.63) is 60.5 Å². The first-order valence-electron chi connectivity index (χ1n) is 13.6. The average molecular weight is 548 g/mol. The Labute approximate surface area is 234 Å². The fourth-order valence-electron chi connectivity index (χ4n) is 4.68. The lowest BCUT2D eigenvalue weighted by atomic mass is 9.90. The van der Waals surface area contributed by atoms with E-state index in [0.717, 1.165) is 16.3 Å². The van der Waals surface area contributed by atoms with Gasteiger partial charge in [-0.2, -0.15) is 0 Å². The van der Waals surface area contributed by atoms with Crippen molar-refractivity contribution in [3.63, 3.8) is 0 Å². The number of aromatic nitrogens is 1. The van der Waals surface area contributed by atoms with Gasteiger partial charge in [-0.1, -0.05) is 24.3 Å². The predicted molar refractivity (Wildman–Crippen MR) is 151 cm³/mol. The summed E-state index contributed by atoms with van der Waals surface area (Å²) in [7, 11) is 0. The molecule has 3 heterocycles. The number of esters is 1. The molecule has 1 aromatic heterocycles. The molecule has 1 saturated heterocycles. The highest BCUT2D eigenvalue weighted by Gasteiger charge is 2.34. The fourth-order valence-corrected chi connectivity index (χ4v) is 4.68. The molecule has 40 heavy (non-hydrogen) atoms. The Morgan fingerprint density at radius 2 is 1.90 bits per heavy atom. The van der Waals surface area contributed by atoms with Crippen molar-refractivity contribution in [3.8, 4) is 0 Å². The van der Waals surface area contributed by atoms with Crippen LogP contribution in [0.1, 0.15) is 64.3 Å². The van der Waals surface area contributed by atoms with Crippen molar-refractivity contribution in [1.29, 1.82) is 0 Å². The summed E-state index contributed by atoms with van der Waals surface area (Å²) < 4.78 is 5.78. The molecule has 3 N–H and O–H groups in total. The molecule has 0 unspecified atom stereocenters. The van der Waals surface area contributed by atoms with Gasteiger partial charge < -0.3 is 15.4 Å². The molecular formula is C30H37N5O5. The van der Waals surface area contributed by atoms with Gasteiger partial charge in [-0.3, -0.25) is 29.2 Å². The molecule has 4 rings (SSSR count). The number of nitrogens with one attached hydrogen (secondary N) is 3. The van der Waals surface area contributed by atoms with Crippen LogP contribution in [0.2, 0.25) is 0 Å². The Kier molecular flexibility index (Phi) is 8.68. The second kappa shape index (κ2) is 12.0. The lowest BCUT2D eigenvalue weighted by Crippen LogP contribution is -2.60. The van der Waals surface area contributed by atoms with E-state index in [1.54, 1.807) is 46.0 Å². The zero-order valence-corrected chi connectivity index (χ0v) is 23.4. The fraction of sp³-hybridized carbons (Fsp3) is 0.433. The molecule has 0 aliphatic carbocycles. The Morgan fingerprint density at radius 1 is 1.12 bits per heavy atom. The number of amides is 3. The summed E-state index contributed by atoms with van der Waals surface area (Å²) in [6, 6.07) is 5.16. The van der Waals surface area contributed by atoms with Gasteiger partial charge in [0.05, 0.1) is 11.1 Å². The van der Waals surface area contributed by atoms with E-state index in [9.17, 15) is 19.2 Å². The summed E-state index contributed by atoms with van der Waals surface area (Å²) in [5.74, 6) is -1.72. The molecule has 0 saturated carbocycles.